The number of ether oxygens (including phenoxy) is 1. The second kappa shape index (κ2) is 9.70. The van der Waals surface area contributed by atoms with Gasteiger partial charge in [0.15, 0.2) is 0 Å². The lowest BCUT2D eigenvalue weighted by atomic mass is 10.1. The van der Waals surface area contributed by atoms with Crippen molar-refractivity contribution >= 4 is 28.6 Å². The van der Waals surface area contributed by atoms with Crippen LogP contribution in [0.4, 0.5) is 0 Å². The van der Waals surface area contributed by atoms with Crippen LogP contribution in [0.5, 0.6) is 11.6 Å². The highest BCUT2D eigenvalue weighted by atomic mass is 16.5. The van der Waals surface area contributed by atoms with Crippen molar-refractivity contribution in [1.82, 2.24) is 19.8 Å². The van der Waals surface area contributed by atoms with Gasteiger partial charge < -0.3 is 14.7 Å². The van der Waals surface area contributed by atoms with Crippen LogP contribution < -0.4 is 4.74 Å². The Morgan fingerprint density at radius 1 is 1.24 bits per heavy atom. The molecule has 0 radical (unpaired) electrons. The van der Waals surface area contributed by atoms with Crippen molar-refractivity contribution in [3.63, 3.8) is 0 Å². The minimum atomic E-state index is -0.444. The fraction of sp³-hybridized carbons (Fsp3) is 0.308. The van der Waals surface area contributed by atoms with Crippen LogP contribution in [0.3, 0.4) is 0 Å². The average Bonchev–Trinajstić information content (AvgIpc) is 3.56. The molecule has 1 saturated heterocycles. The van der Waals surface area contributed by atoms with Gasteiger partial charge in [-0.3, -0.25) is 19.7 Å². The third kappa shape index (κ3) is 4.83. The van der Waals surface area contributed by atoms with Crippen molar-refractivity contribution in [3.05, 3.63) is 66.0 Å². The standard InChI is InChI=1S/C26H27N5O3/c1-30(26(33)17-32)22-9-11-31(16-22)15-21-4-2-18-12-23(5-6-24(18)29-21)34-25-7-3-19(14-28-25)20-8-10-27-13-20/h2-8,10,12,14,22,32H,9,11,13,15-17H2,1H3/t22-/m1/s1. The van der Waals surface area contributed by atoms with Crippen molar-refractivity contribution in [3.8, 4) is 11.6 Å². The van der Waals surface area contributed by atoms with Crippen molar-refractivity contribution < 1.29 is 14.6 Å². The molecule has 8 heteroatoms. The second-order valence-electron chi connectivity index (χ2n) is 8.67. The van der Waals surface area contributed by atoms with Gasteiger partial charge in [0.25, 0.3) is 0 Å². The number of nitrogens with zero attached hydrogens (tertiary/aromatic N) is 5. The number of likely N-dealkylation sites (tertiary alicyclic amines) is 1. The molecule has 34 heavy (non-hydrogen) atoms. The summed E-state index contributed by atoms with van der Waals surface area (Å²) < 4.78 is 5.96. The lowest BCUT2D eigenvalue weighted by Gasteiger charge is -2.24. The van der Waals surface area contributed by atoms with E-state index in [1.54, 1.807) is 11.9 Å². The van der Waals surface area contributed by atoms with Gasteiger partial charge in [-0.1, -0.05) is 6.07 Å². The Kier molecular flexibility index (Phi) is 6.33. The minimum absolute atomic E-state index is 0.130. The highest BCUT2D eigenvalue weighted by Crippen LogP contribution is 2.26. The fourth-order valence-electron chi connectivity index (χ4n) is 4.40. The van der Waals surface area contributed by atoms with E-state index in [2.05, 4.69) is 20.9 Å². The van der Waals surface area contributed by atoms with Gasteiger partial charge in [-0.25, -0.2) is 4.98 Å². The van der Waals surface area contributed by atoms with E-state index >= 15 is 0 Å². The maximum atomic E-state index is 11.7. The number of likely N-dealkylation sites (N-methyl/N-ethyl adjacent to an activating group) is 1. The van der Waals surface area contributed by atoms with Crippen LogP contribution >= 0.6 is 0 Å². The maximum Gasteiger partial charge on any atom is 0.248 e. The predicted molar refractivity (Wildman–Crippen MR) is 131 cm³/mol. The van der Waals surface area contributed by atoms with Gasteiger partial charge in [0.05, 0.1) is 17.8 Å². The highest BCUT2D eigenvalue weighted by Gasteiger charge is 2.28. The Morgan fingerprint density at radius 3 is 2.91 bits per heavy atom. The van der Waals surface area contributed by atoms with Gasteiger partial charge in [-0.05, 0) is 54.0 Å². The average molecular weight is 458 g/mol. The number of allylic oxidation sites excluding steroid dienone is 1. The van der Waals surface area contributed by atoms with E-state index < -0.39 is 6.61 Å². The van der Waals surface area contributed by atoms with Gasteiger partial charge in [0.1, 0.15) is 12.4 Å². The summed E-state index contributed by atoms with van der Waals surface area (Å²) in [5, 5.41) is 10.1. The summed E-state index contributed by atoms with van der Waals surface area (Å²) >= 11 is 0. The van der Waals surface area contributed by atoms with Gasteiger partial charge in [-0.2, -0.15) is 0 Å². The third-order valence-corrected chi connectivity index (χ3v) is 6.40. The summed E-state index contributed by atoms with van der Waals surface area (Å²) in [7, 11) is 1.76. The Balaban J connectivity index is 1.22. The summed E-state index contributed by atoms with van der Waals surface area (Å²) in [5.74, 6) is 1.02. The highest BCUT2D eigenvalue weighted by molar-refractivity contribution is 5.89. The first kappa shape index (κ1) is 22.2. The van der Waals surface area contributed by atoms with Crippen LogP contribution in [0.15, 0.2) is 59.7 Å². The molecule has 0 aliphatic carbocycles. The topological polar surface area (TPSA) is 91.2 Å². The zero-order valence-corrected chi connectivity index (χ0v) is 19.1. The molecule has 2 aliphatic heterocycles. The number of carbonyl (C=O) groups excluding carboxylic acids is 1. The lowest BCUT2D eigenvalue weighted by Crippen LogP contribution is -2.40. The molecule has 1 fully saturated rings. The number of amides is 1. The summed E-state index contributed by atoms with van der Waals surface area (Å²) in [4.78, 5) is 29.1. The van der Waals surface area contributed by atoms with E-state index in [0.29, 0.717) is 18.2 Å². The van der Waals surface area contributed by atoms with E-state index in [1.807, 2.05) is 54.9 Å². The van der Waals surface area contributed by atoms with E-state index in [4.69, 9.17) is 14.8 Å². The molecular formula is C26H27N5O3. The molecule has 1 N–H and O–H groups in total. The molecule has 0 bridgehead atoms. The normalized spacial score (nSPS) is 17.8. The molecule has 4 heterocycles. The van der Waals surface area contributed by atoms with Gasteiger partial charge in [-0.15, -0.1) is 0 Å². The van der Waals surface area contributed by atoms with Crippen molar-refractivity contribution in [2.45, 2.75) is 19.0 Å². The van der Waals surface area contributed by atoms with E-state index in [-0.39, 0.29) is 11.9 Å². The molecule has 174 valence electrons. The Labute approximate surface area is 198 Å². The number of carbonyl (C=O) groups is 1. The molecule has 1 aromatic carbocycles. The van der Waals surface area contributed by atoms with Crippen LogP contribution in [0.2, 0.25) is 0 Å². The monoisotopic (exact) mass is 457 g/mol. The summed E-state index contributed by atoms with van der Waals surface area (Å²) in [5.41, 5.74) is 4.10. The smallest absolute Gasteiger partial charge is 0.248 e. The number of benzene rings is 1. The van der Waals surface area contributed by atoms with Crippen molar-refractivity contribution in [2.75, 3.05) is 33.3 Å². The second-order valence-corrected chi connectivity index (χ2v) is 8.67. The molecule has 1 atom stereocenters. The third-order valence-electron chi connectivity index (χ3n) is 6.40. The summed E-state index contributed by atoms with van der Waals surface area (Å²) in [6, 6.07) is 13.9. The van der Waals surface area contributed by atoms with Gasteiger partial charge >= 0.3 is 0 Å². The quantitative estimate of drug-likeness (QED) is 0.587. The molecule has 2 aliphatic rings. The van der Waals surface area contributed by atoms with E-state index in [0.717, 1.165) is 53.8 Å². The zero-order valence-electron chi connectivity index (χ0n) is 19.1. The first-order chi connectivity index (χ1) is 16.6. The predicted octanol–water partition coefficient (Wildman–Crippen LogP) is 2.91. The lowest BCUT2D eigenvalue weighted by molar-refractivity contribution is -0.134. The van der Waals surface area contributed by atoms with Crippen LogP contribution in [-0.2, 0) is 11.3 Å². The number of aromatic nitrogens is 2. The number of aliphatic hydroxyl groups is 1. The molecule has 0 spiro atoms. The molecule has 3 aromatic rings. The SMILES string of the molecule is CN(C(=O)CO)[C@@H]1CCN(Cc2ccc3cc(Oc4ccc(C5=CC=NC5)cn4)ccc3n2)C1. The zero-order chi connectivity index (χ0) is 23.5. The van der Waals surface area contributed by atoms with Crippen molar-refractivity contribution in [1.29, 1.82) is 0 Å². The van der Waals surface area contributed by atoms with E-state index in [1.165, 1.54) is 0 Å². The number of pyridine rings is 2. The first-order valence-electron chi connectivity index (χ1n) is 11.4. The van der Waals surface area contributed by atoms with Crippen LogP contribution in [-0.4, -0.2) is 76.3 Å². The Morgan fingerprint density at radius 2 is 2.15 bits per heavy atom. The van der Waals surface area contributed by atoms with Crippen LogP contribution in [0.25, 0.3) is 16.5 Å². The van der Waals surface area contributed by atoms with Gasteiger partial charge in [0, 0.05) is 56.6 Å². The Bertz CT molecular complexity index is 1260. The van der Waals surface area contributed by atoms with Crippen LogP contribution in [0.1, 0.15) is 17.7 Å². The van der Waals surface area contributed by atoms with Gasteiger partial charge in [0.2, 0.25) is 11.8 Å². The number of fused-ring (bicyclic) bond motifs is 1. The number of aliphatic hydroxyl groups excluding tert-OH is 1. The number of aliphatic imine (C=N–C) groups is 1. The molecule has 2 aromatic heterocycles. The van der Waals surface area contributed by atoms with Crippen molar-refractivity contribution in [2.24, 2.45) is 4.99 Å². The maximum absolute atomic E-state index is 11.7. The summed E-state index contributed by atoms with van der Waals surface area (Å²) in [6.45, 7) is 2.66. The fourth-order valence-corrected chi connectivity index (χ4v) is 4.40. The number of rotatable bonds is 7. The number of hydrogen-bond donors (Lipinski definition) is 1. The molecule has 0 unspecified atom stereocenters. The molecule has 0 saturated carbocycles. The van der Waals surface area contributed by atoms with E-state index in [9.17, 15) is 4.79 Å². The summed E-state index contributed by atoms with van der Waals surface area (Å²) in [6.07, 6.45) is 6.53. The number of hydrogen-bond acceptors (Lipinski definition) is 7. The first-order valence-corrected chi connectivity index (χ1v) is 11.4. The Hall–Kier alpha value is -3.62. The molecule has 5 rings (SSSR count). The van der Waals surface area contributed by atoms with Crippen LogP contribution in [0, 0.1) is 0 Å². The largest absolute Gasteiger partial charge is 0.439 e. The molecule has 1 amide bonds. The minimum Gasteiger partial charge on any atom is -0.439 e. The molecule has 8 nitrogen and oxygen atoms in total. The molecular weight excluding hydrogens is 430 g/mol.